The number of ether oxygens (including phenoxy) is 2. The smallest absolute Gasteiger partial charge is 0.338 e. The average molecular weight is 424 g/mol. The van der Waals surface area contributed by atoms with Crippen LogP contribution in [0.5, 0.6) is 0 Å². The molecule has 1 saturated heterocycles. The molecule has 3 rings (SSSR count). The monoisotopic (exact) mass is 424 g/mol. The van der Waals surface area contributed by atoms with Gasteiger partial charge in [0.2, 0.25) is 0 Å². The number of carbonyl (C=O) groups excluding carboxylic acids is 2. The van der Waals surface area contributed by atoms with Crippen LogP contribution in [0, 0.1) is 11.3 Å². The number of rotatable bonds is 8. The molecule has 162 valence electrons. The molecule has 8 nitrogen and oxygen atoms in total. The molecule has 0 unspecified atom stereocenters. The van der Waals surface area contributed by atoms with Crippen LogP contribution in [0.4, 0.5) is 0 Å². The largest absolute Gasteiger partial charge is 0.462 e. The van der Waals surface area contributed by atoms with Gasteiger partial charge in [0.05, 0.1) is 38.5 Å². The van der Waals surface area contributed by atoms with Crippen molar-refractivity contribution in [2.45, 2.75) is 6.92 Å². The number of carbonyl (C=O) groups is 2. The van der Waals surface area contributed by atoms with Gasteiger partial charge in [0.25, 0.3) is 5.91 Å². The van der Waals surface area contributed by atoms with Crippen molar-refractivity contribution in [2.75, 3.05) is 46.0 Å². The molecule has 1 amide bonds. The molecule has 0 radical (unpaired) electrons. The number of nitrogens with one attached hydrogen (secondary N) is 2. The molecule has 1 aromatic heterocycles. The molecular formula is C23H26N3O5+. The first-order chi connectivity index (χ1) is 15.1. The van der Waals surface area contributed by atoms with Crippen LogP contribution in [0.25, 0.3) is 17.4 Å². The van der Waals surface area contributed by atoms with Crippen LogP contribution in [0.2, 0.25) is 0 Å². The van der Waals surface area contributed by atoms with E-state index in [9.17, 15) is 14.9 Å². The van der Waals surface area contributed by atoms with Gasteiger partial charge >= 0.3 is 5.97 Å². The number of nitrogens with zero attached hydrogens (tertiary/aromatic N) is 1. The van der Waals surface area contributed by atoms with Gasteiger partial charge in [-0.05, 0) is 31.2 Å². The highest BCUT2D eigenvalue weighted by Gasteiger charge is 2.15. The number of amides is 1. The zero-order valence-corrected chi connectivity index (χ0v) is 17.5. The number of esters is 1. The number of benzene rings is 1. The normalized spacial score (nSPS) is 14.6. The van der Waals surface area contributed by atoms with Crippen LogP contribution in [-0.2, 0) is 14.3 Å². The van der Waals surface area contributed by atoms with Crippen molar-refractivity contribution < 1.29 is 28.4 Å². The summed E-state index contributed by atoms with van der Waals surface area (Å²) < 4.78 is 16.0. The van der Waals surface area contributed by atoms with Gasteiger partial charge in [-0.3, -0.25) is 4.79 Å². The quantitative estimate of drug-likeness (QED) is 0.373. The molecule has 0 atom stereocenters. The van der Waals surface area contributed by atoms with Gasteiger partial charge < -0.3 is 24.1 Å². The summed E-state index contributed by atoms with van der Waals surface area (Å²) in [5, 5.41) is 12.2. The Hall–Kier alpha value is -3.41. The molecule has 1 aliphatic rings. The van der Waals surface area contributed by atoms with Crippen LogP contribution in [0.3, 0.4) is 0 Å². The van der Waals surface area contributed by atoms with E-state index in [-0.39, 0.29) is 11.5 Å². The molecule has 1 aromatic carbocycles. The molecule has 2 heterocycles. The Labute approximate surface area is 181 Å². The Balaban J connectivity index is 1.60. The summed E-state index contributed by atoms with van der Waals surface area (Å²) in [5.41, 5.74) is 1.21. The fourth-order valence-corrected chi connectivity index (χ4v) is 3.22. The number of quaternary nitrogens is 1. The van der Waals surface area contributed by atoms with Crippen molar-refractivity contribution in [3.63, 3.8) is 0 Å². The maximum atomic E-state index is 12.3. The topological polar surface area (TPSA) is 106 Å². The van der Waals surface area contributed by atoms with Crippen LogP contribution < -0.4 is 10.2 Å². The van der Waals surface area contributed by atoms with E-state index in [0.29, 0.717) is 30.2 Å². The van der Waals surface area contributed by atoms with Gasteiger partial charge in [0, 0.05) is 11.6 Å². The van der Waals surface area contributed by atoms with Crippen molar-refractivity contribution in [1.82, 2.24) is 5.32 Å². The SMILES string of the molecule is CCOC(=O)c1ccc(-c2ccc(/C=C(/C#N)C(=O)NCC[NH+]3CCOCC3)o2)cc1. The van der Waals surface area contributed by atoms with Crippen molar-refractivity contribution in [2.24, 2.45) is 0 Å². The summed E-state index contributed by atoms with van der Waals surface area (Å²) in [4.78, 5) is 25.5. The lowest BCUT2D eigenvalue weighted by Gasteiger charge is -2.23. The number of hydrogen-bond acceptors (Lipinski definition) is 6. The lowest BCUT2D eigenvalue weighted by atomic mass is 10.1. The summed E-state index contributed by atoms with van der Waals surface area (Å²) in [6, 6.07) is 12.2. The number of furan rings is 1. The predicted octanol–water partition coefficient (Wildman–Crippen LogP) is 1.06. The van der Waals surface area contributed by atoms with Crippen LogP contribution in [0.15, 0.2) is 46.4 Å². The molecule has 8 heteroatoms. The predicted molar refractivity (Wildman–Crippen MR) is 113 cm³/mol. The highest BCUT2D eigenvalue weighted by molar-refractivity contribution is 6.01. The zero-order valence-electron chi connectivity index (χ0n) is 17.5. The summed E-state index contributed by atoms with van der Waals surface area (Å²) in [6.07, 6.45) is 1.42. The Kier molecular flexibility index (Phi) is 7.98. The summed E-state index contributed by atoms with van der Waals surface area (Å²) in [7, 11) is 0. The molecule has 31 heavy (non-hydrogen) atoms. The summed E-state index contributed by atoms with van der Waals surface area (Å²) in [5.74, 6) is 0.161. The number of morpholine rings is 1. The van der Waals surface area contributed by atoms with Crippen molar-refractivity contribution >= 4 is 18.0 Å². The maximum Gasteiger partial charge on any atom is 0.338 e. The van der Waals surface area contributed by atoms with Gasteiger partial charge in [-0.15, -0.1) is 0 Å². The lowest BCUT2D eigenvalue weighted by molar-refractivity contribution is -0.906. The maximum absolute atomic E-state index is 12.3. The highest BCUT2D eigenvalue weighted by Crippen LogP contribution is 2.24. The number of nitriles is 1. The van der Waals surface area contributed by atoms with E-state index < -0.39 is 5.91 Å². The fraction of sp³-hybridized carbons (Fsp3) is 0.348. The van der Waals surface area contributed by atoms with E-state index in [1.165, 1.54) is 11.0 Å². The Morgan fingerprint density at radius 3 is 2.61 bits per heavy atom. The zero-order chi connectivity index (χ0) is 22.1. The van der Waals surface area contributed by atoms with Gasteiger partial charge in [-0.2, -0.15) is 5.26 Å². The molecule has 1 aliphatic heterocycles. The Morgan fingerprint density at radius 1 is 1.19 bits per heavy atom. The van der Waals surface area contributed by atoms with Crippen LogP contribution >= 0.6 is 0 Å². The van der Waals surface area contributed by atoms with E-state index in [0.717, 1.165) is 38.4 Å². The van der Waals surface area contributed by atoms with Crippen molar-refractivity contribution in [3.05, 3.63) is 53.3 Å². The molecule has 0 bridgehead atoms. The Bertz CT molecular complexity index is 966. The molecular weight excluding hydrogens is 398 g/mol. The molecule has 1 fully saturated rings. The molecule has 2 aromatic rings. The average Bonchev–Trinajstić information content (AvgIpc) is 3.27. The van der Waals surface area contributed by atoms with Crippen molar-refractivity contribution in [3.8, 4) is 17.4 Å². The minimum absolute atomic E-state index is 0.0180. The second-order valence-electron chi connectivity index (χ2n) is 7.04. The van der Waals surface area contributed by atoms with Gasteiger partial charge in [-0.25, -0.2) is 4.79 Å². The van der Waals surface area contributed by atoms with E-state index in [4.69, 9.17) is 13.9 Å². The summed E-state index contributed by atoms with van der Waals surface area (Å²) >= 11 is 0. The first-order valence-electron chi connectivity index (χ1n) is 10.3. The minimum Gasteiger partial charge on any atom is -0.462 e. The first kappa shape index (κ1) is 22.3. The second kappa shape index (κ2) is 11.1. The minimum atomic E-state index is -0.424. The fourth-order valence-electron chi connectivity index (χ4n) is 3.22. The molecule has 2 N–H and O–H groups in total. The second-order valence-corrected chi connectivity index (χ2v) is 7.04. The molecule has 0 spiro atoms. The van der Waals surface area contributed by atoms with Crippen LogP contribution in [-0.4, -0.2) is 57.9 Å². The third kappa shape index (κ3) is 6.28. The standard InChI is InChI=1S/C23H25N3O5/c1-2-30-23(28)18-5-3-17(4-6-18)21-8-7-20(31-21)15-19(16-24)22(27)25-9-10-26-11-13-29-14-12-26/h3-8,15H,2,9-14H2,1H3,(H,25,27)/p+1/b19-15-. The van der Waals surface area contributed by atoms with E-state index in [1.807, 2.05) is 6.07 Å². The molecule has 0 aliphatic carbocycles. The van der Waals surface area contributed by atoms with E-state index >= 15 is 0 Å². The van der Waals surface area contributed by atoms with Gasteiger partial charge in [0.1, 0.15) is 36.3 Å². The third-order valence-electron chi connectivity index (χ3n) is 4.92. The van der Waals surface area contributed by atoms with E-state index in [1.54, 1.807) is 43.3 Å². The van der Waals surface area contributed by atoms with Gasteiger partial charge in [0.15, 0.2) is 0 Å². The third-order valence-corrected chi connectivity index (χ3v) is 4.92. The van der Waals surface area contributed by atoms with Crippen molar-refractivity contribution in [1.29, 1.82) is 5.26 Å². The Morgan fingerprint density at radius 2 is 1.94 bits per heavy atom. The first-order valence-corrected chi connectivity index (χ1v) is 10.3. The van der Waals surface area contributed by atoms with E-state index in [2.05, 4.69) is 5.32 Å². The lowest BCUT2D eigenvalue weighted by Crippen LogP contribution is -3.14. The molecule has 0 saturated carbocycles. The summed E-state index contributed by atoms with van der Waals surface area (Å²) in [6.45, 7) is 6.67. The highest BCUT2D eigenvalue weighted by atomic mass is 16.5. The number of hydrogen-bond donors (Lipinski definition) is 2. The van der Waals surface area contributed by atoms with Crippen LogP contribution in [0.1, 0.15) is 23.0 Å². The van der Waals surface area contributed by atoms with Gasteiger partial charge in [-0.1, -0.05) is 12.1 Å².